The smallest absolute Gasteiger partial charge is 0.118 e. The van der Waals surface area contributed by atoms with E-state index in [4.69, 9.17) is 4.98 Å². The Morgan fingerprint density at radius 3 is 2.18 bits per heavy atom. The summed E-state index contributed by atoms with van der Waals surface area (Å²) in [4.78, 5) is 4.92. The molecule has 0 unspecified atom stereocenters. The van der Waals surface area contributed by atoms with Gasteiger partial charge < -0.3 is 4.40 Å². The molecule has 2 heteroatoms. The first kappa shape index (κ1) is 12.8. The largest absolute Gasteiger partial charge is 0.303 e. The third-order valence-electron chi connectivity index (χ3n) is 3.87. The van der Waals surface area contributed by atoms with E-state index in [1.807, 2.05) is 12.1 Å². The van der Waals surface area contributed by atoms with Crippen LogP contribution in [-0.4, -0.2) is 9.38 Å². The van der Waals surface area contributed by atoms with Crippen LogP contribution in [0.3, 0.4) is 0 Å². The van der Waals surface area contributed by atoms with Gasteiger partial charge in [0, 0.05) is 18.2 Å². The summed E-state index contributed by atoms with van der Waals surface area (Å²) < 4.78 is 2.19. The Kier molecular flexibility index (Phi) is 3.20. The fraction of sp³-hybridized carbons (Fsp3) is 0.0500. The summed E-state index contributed by atoms with van der Waals surface area (Å²) in [5.41, 5.74) is 4.63. The summed E-state index contributed by atoms with van der Waals surface area (Å²) in [7, 11) is 0. The van der Waals surface area contributed by atoms with Crippen molar-refractivity contribution >= 4 is 5.52 Å². The molecule has 0 aliphatic rings. The predicted octanol–water partition coefficient (Wildman–Crippen LogP) is 4.59. The standard InChI is InChI=1S/C20H16N2/c1-3-9-16(10-4-1)15-19-21-20(17-11-5-2-6-12-17)18-13-7-8-14-22(18)19/h1-14H,15H2. The molecule has 2 aromatic heterocycles. The molecule has 2 aromatic carbocycles. The van der Waals surface area contributed by atoms with E-state index < -0.39 is 0 Å². The molecular weight excluding hydrogens is 268 g/mol. The van der Waals surface area contributed by atoms with Gasteiger partial charge in [-0.1, -0.05) is 66.7 Å². The van der Waals surface area contributed by atoms with Gasteiger partial charge in [0.05, 0.1) is 11.2 Å². The van der Waals surface area contributed by atoms with Crippen LogP contribution in [0.2, 0.25) is 0 Å². The topological polar surface area (TPSA) is 17.3 Å². The Morgan fingerprint density at radius 2 is 1.41 bits per heavy atom. The van der Waals surface area contributed by atoms with Crippen LogP contribution in [0.25, 0.3) is 16.8 Å². The number of hydrogen-bond acceptors (Lipinski definition) is 1. The molecule has 0 aliphatic carbocycles. The highest BCUT2D eigenvalue weighted by Gasteiger charge is 2.12. The van der Waals surface area contributed by atoms with Gasteiger partial charge in [-0.05, 0) is 17.7 Å². The number of benzene rings is 2. The first-order valence-corrected chi connectivity index (χ1v) is 7.47. The molecule has 0 radical (unpaired) electrons. The minimum atomic E-state index is 0.832. The van der Waals surface area contributed by atoms with E-state index in [1.54, 1.807) is 0 Å². The molecule has 0 bridgehead atoms. The van der Waals surface area contributed by atoms with Gasteiger partial charge in [-0.15, -0.1) is 0 Å². The lowest BCUT2D eigenvalue weighted by atomic mass is 10.1. The summed E-state index contributed by atoms with van der Waals surface area (Å²) in [6, 6.07) is 27.1. The number of nitrogens with zero attached hydrogens (tertiary/aromatic N) is 2. The van der Waals surface area contributed by atoms with Crippen molar-refractivity contribution in [3.63, 3.8) is 0 Å². The van der Waals surface area contributed by atoms with Crippen LogP contribution in [0, 0.1) is 0 Å². The van der Waals surface area contributed by atoms with Crippen LogP contribution in [0.15, 0.2) is 85.1 Å². The Morgan fingerprint density at radius 1 is 0.727 bits per heavy atom. The molecule has 0 atom stereocenters. The zero-order valence-electron chi connectivity index (χ0n) is 12.2. The van der Waals surface area contributed by atoms with Gasteiger partial charge in [-0.3, -0.25) is 0 Å². The molecule has 4 aromatic rings. The van der Waals surface area contributed by atoms with Crippen molar-refractivity contribution in [2.45, 2.75) is 6.42 Å². The van der Waals surface area contributed by atoms with E-state index in [0.717, 1.165) is 29.0 Å². The van der Waals surface area contributed by atoms with Crippen LogP contribution < -0.4 is 0 Å². The monoisotopic (exact) mass is 284 g/mol. The van der Waals surface area contributed by atoms with Gasteiger partial charge in [-0.2, -0.15) is 0 Å². The molecule has 2 nitrogen and oxygen atoms in total. The molecular formula is C20H16N2. The zero-order valence-corrected chi connectivity index (χ0v) is 12.2. The van der Waals surface area contributed by atoms with Crippen LogP contribution >= 0.6 is 0 Å². The van der Waals surface area contributed by atoms with Crippen LogP contribution in [0.1, 0.15) is 11.4 Å². The van der Waals surface area contributed by atoms with Gasteiger partial charge in [-0.25, -0.2) is 4.98 Å². The molecule has 22 heavy (non-hydrogen) atoms. The first-order chi connectivity index (χ1) is 10.9. The molecule has 0 N–H and O–H groups in total. The fourth-order valence-electron chi connectivity index (χ4n) is 2.81. The number of pyridine rings is 1. The zero-order chi connectivity index (χ0) is 14.8. The second-order valence-corrected chi connectivity index (χ2v) is 5.36. The molecule has 0 aliphatic heterocycles. The lowest BCUT2D eigenvalue weighted by Gasteiger charge is -2.01. The quantitative estimate of drug-likeness (QED) is 0.538. The van der Waals surface area contributed by atoms with Gasteiger partial charge in [0.25, 0.3) is 0 Å². The Bertz CT molecular complexity index is 893. The molecule has 0 amide bonds. The van der Waals surface area contributed by atoms with Crippen molar-refractivity contribution < 1.29 is 0 Å². The third kappa shape index (κ3) is 2.29. The van der Waals surface area contributed by atoms with Crippen molar-refractivity contribution in [1.29, 1.82) is 0 Å². The van der Waals surface area contributed by atoms with Gasteiger partial charge in [0.1, 0.15) is 5.82 Å². The summed E-state index contributed by atoms with van der Waals surface area (Å²) >= 11 is 0. The van der Waals surface area contributed by atoms with E-state index in [0.29, 0.717) is 0 Å². The Hall–Kier alpha value is -2.87. The lowest BCUT2D eigenvalue weighted by Crippen LogP contribution is -1.95. The highest BCUT2D eigenvalue weighted by atomic mass is 15.0. The predicted molar refractivity (Wildman–Crippen MR) is 89.9 cm³/mol. The van der Waals surface area contributed by atoms with Gasteiger partial charge in [0.15, 0.2) is 0 Å². The highest BCUT2D eigenvalue weighted by Crippen LogP contribution is 2.25. The second-order valence-electron chi connectivity index (χ2n) is 5.36. The number of hydrogen-bond donors (Lipinski definition) is 0. The van der Waals surface area contributed by atoms with Crippen molar-refractivity contribution in [3.05, 3.63) is 96.4 Å². The van der Waals surface area contributed by atoms with E-state index in [1.165, 1.54) is 5.56 Å². The van der Waals surface area contributed by atoms with Crippen molar-refractivity contribution in [1.82, 2.24) is 9.38 Å². The van der Waals surface area contributed by atoms with E-state index in [2.05, 4.69) is 77.3 Å². The van der Waals surface area contributed by atoms with E-state index in [9.17, 15) is 0 Å². The second kappa shape index (κ2) is 5.49. The molecule has 0 spiro atoms. The van der Waals surface area contributed by atoms with Gasteiger partial charge >= 0.3 is 0 Å². The minimum Gasteiger partial charge on any atom is -0.303 e. The first-order valence-electron chi connectivity index (χ1n) is 7.47. The summed E-state index contributed by atoms with van der Waals surface area (Å²) in [5.74, 6) is 1.07. The van der Waals surface area contributed by atoms with Gasteiger partial charge in [0.2, 0.25) is 0 Å². The maximum absolute atomic E-state index is 4.92. The lowest BCUT2D eigenvalue weighted by molar-refractivity contribution is 0.962. The van der Waals surface area contributed by atoms with Crippen molar-refractivity contribution in [3.8, 4) is 11.3 Å². The number of aromatic nitrogens is 2. The van der Waals surface area contributed by atoms with E-state index in [-0.39, 0.29) is 0 Å². The summed E-state index contributed by atoms with van der Waals surface area (Å²) in [5, 5.41) is 0. The Labute approximate surface area is 129 Å². The third-order valence-corrected chi connectivity index (χ3v) is 3.87. The molecule has 106 valence electrons. The molecule has 0 fully saturated rings. The number of imidazole rings is 1. The highest BCUT2D eigenvalue weighted by molar-refractivity contribution is 5.77. The Balaban J connectivity index is 1.86. The SMILES string of the molecule is c1ccc(Cc2nc(-c3ccccc3)c3ccccn23)cc1. The number of fused-ring (bicyclic) bond motifs is 1. The minimum absolute atomic E-state index is 0.832. The van der Waals surface area contributed by atoms with Crippen molar-refractivity contribution in [2.75, 3.05) is 0 Å². The average molecular weight is 284 g/mol. The van der Waals surface area contributed by atoms with Crippen LogP contribution in [-0.2, 0) is 6.42 Å². The van der Waals surface area contributed by atoms with Crippen LogP contribution in [0.5, 0.6) is 0 Å². The molecule has 2 heterocycles. The summed E-state index contributed by atoms with van der Waals surface area (Å²) in [6.45, 7) is 0. The normalized spacial score (nSPS) is 10.9. The maximum atomic E-state index is 4.92. The van der Waals surface area contributed by atoms with Crippen molar-refractivity contribution in [2.24, 2.45) is 0 Å². The molecule has 4 rings (SSSR count). The molecule has 0 saturated carbocycles. The average Bonchev–Trinajstić information content (AvgIpc) is 2.96. The maximum Gasteiger partial charge on any atom is 0.118 e. The number of rotatable bonds is 3. The molecule has 0 saturated heterocycles. The summed E-state index contributed by atoms with van der Waals surface area (Å²) in [6.07, 6.45) is 2.92. The van der Waals surface area contributed by atoms with Crippen LogP contribution in [0.4, 0.5) is 0 Å². The fourth-order valence-corrected chi connectivity index (χ4v) is 2.81. The van der Waals surface area contributed by atoms with E-state index >= 15 is 0 Å².